The van der Waals surface area contributed by atoms with Crippen LogP contribution in [0.5, 0.6) is 0 Å². The minimum Gasteiger partial charge on any atom is -0.465 e. The summed E-state index contributed by atoms with van der Waals surface area (Å²) in [6, 6.07) is 5.93. The van der Waals surface area contributed by atoms with Crippen LogP contribution in [-0.2, 0) is 19.6 Å². The molecule has 24 heavy (non-hydrogen) atoms. The molecular formula is C20H22O4. The molecule has 1 fully saturated rings. The highest BCUT2D eigenvalue weighted by Crippen LogP contribution is 2.55. The quantitative estimate of drug-likeness (QED) is 0.766. The highest BCUT2D eigenvalue weighted by Gasteiger charge is 2.52. The van der Waals surface area contributed by atoms with E-state index >= 15 is 0 Å². The van der Waals surface area contributed by atoms with Crippen molar-refractivity contribution in [2.75, 3.05) is 7.11 Å². The zero-order valence-electron chi connectivity index (χ0n) is 14.1. The molecule has 0 aromatic heterocycles. The van der Waals surface area contributed by atoms with Crippen LogP contribution in [-0.4, -0.2) is 18.9 Å². The van der Waals surface area contributed by atoms with E-state index in [1.54, 1.807) is 12.5 Å². The van der Waals surface area contributed by atoms with E-state index in [4.69, 9.17) is 14.2 Å². The molecule has 0 amide bonds. The third kappa shape index (κ3) is 2.09. The standard InChI is InChI=1S/C20H22O4/c1-3-19-8-9-20(23-10-11-24-20)13-16(19)6-4-14-12-15(18(21)22-2)5-7-17(14)19/h4-7,10-12,16H,3,8-9,13H2,1-2H3/t16-,19+/m0/s1. The molecule has 2 aliphatic carbocycles. The average Bonchev–Trinajstić information content (AvgIpc) is 3.08. The van der Waals surface area contributed by atoms with Crippen molar-refractivity contribution >= 4 is 12.0 Å². The van der Waals surface area contributed by atoms with Crippen molar-refractivity contribution in [1.82, 2.24) is 0 Å². The second-order valence-electron chi connectivity index (χ2n) is 6.89. The predicted octanol–water partition coefficient (Wildman–Crippen LogP) is 4.16. The lowest BCUT2D eigenvalue weighted by atomic mass is 9.57. The molecule has 1 heterocycles. The lowest BCUT2D eigenvalue weighted by Gasteiger charge is -2.50. The van der Waals surface area contributed by atoms with Gasteiger partial charge in [0.05, 0.1) is 12.7 Å². The summed E-state index contributed by atoms with van der Waals surface area (Å²) >= 11 is 0. The maximum Gasteiger partial charge on any atom is 0.337 e. The van der Waals surface area contributed by atoms with E-state index in [0.29, 0.717) is 11.5 Å². The van der Waals surface area contributed by atoms with Gasteiger partial charge < -0.3 is 14.2 Å². The minimum absolute atomic E-state index is 0.0826. The van der Waals surface area contributed by atoms with Gasteiger partial charge in [-0.2, -0.15) is 0 Å². The molecule has 1 aromatic rings. The molecule has 126 valence electrons. The Morgan fingerprint density at radius 1 is 1.29 bits per heavy atom. The van der Waals surface area contributed by atoms with Crippen molar-refractivity contribution in [2.45, 2.75) is 43.8 Å². The Bertz CT molecular complexity index is 725. The lowest BCUT2D eigenvalue weighted by Crippen LogP contribution is -2.48. The highest BCUT2D eigenvalue weighted by atomic mass is 16.7. The van der Waals surface area contributed by atoms with Gasteiger partial charge in [-0.25, -0.2) is 4.79 Å². The predicted molar refractivity (Wildman–Crippen MR) is 90.2 cm³/mol. The van der Waals surface area contributed by atoms with Crippen LogP contribution in [0.2, 0.25) is 0 Å². The third-order valence-electron chi connectivity index (χ3n) is 5.96. The number of fused-ring (bicyclic) bond motifs is 3. The van der Waals surface area contributed by atoms with Crippen molar-refractivity contribution < 1.29 is 19.0 Å². The van der Waals surface area contributed by atoms with Crippen LogP contribution in [0.4, 0.5) is 0 Å². The van der Waals surface area contributed by atoms with Gasteiger partial charge in [-0.1, -0.05) is 25.1 Å². The second-order valence-corrected chi connectivity index (χ2v) is 6.89. The van der Waals surface area contributed by atoms with Crippen LogP contribution in [0, 0.1) is 5.92 Å². The molecular weight excluding hydrogens is 304 g/mol. The molecule has 0 saturated heterocycles. The average molecular weight is 326 g/mol. The molecule has 4 nitrogen and oxygen atoms in total. The number of esters is 1. The van der Waals surface area contributed by atoms with Gasteiger partial charge in [0.25, 0.3) is 0 Å². The summed E-state index contributed by atoms with van der Waals surface area (Å²) in [4.78, 5) is 11.8. The summed E-state index contributed by atoms with van der Waals surface area (Å²) in [7, 11) is 1.41. The Kier molecular flexibility index (Phi) is 3.44. The number of carbonyl (C=O) groups is 1. The van der Waals surface area contributed by atoms with Crippen molar-refractivity contribution in [3.05, 3.63) is 53.5 Å². The van der Waals surface area contributed by atoms with Crippen molar-refractivity contribution in [1.29, 1.82) is 0 Å². The summed E-state index contributed by atoms with van der Waals surface area (Å²) in [6.45, 7) is 2.25. The molecule has 0 N–H and O–H groups in total. The molecule has 1 spiro atoms. The Morgan fingerprint density at radius 2 is 2.08 bits per heavy atom. The first-order valence-corrected chi connectivity index (χ1v) is 8.54. The number of hydrogen-bond donors (Lipinski definition) is 0. The normalized spacial score (nSPS) is 28.7. The van der Waals surface area contributed by atoms with E-state index < -0.39 is 5.79 Å². The van der Waals surface area contributed by atoms with Crippen LogP contribution in [0.1, 0.15) is 54.1 Å². The topological polar surface area (TPSA) is 44.8 Å². The van der Waals surface area contributed by atoms with Crippen LogP contribution in [0.25, 0.3) is 6.08 Å². The van der Waals surface area contributed by atoms with E-state index in [2.05, 4.69) is 25.1 Å². The first kappa shape index (κ1) is 15.3. The fourth-order valence-electron chi connectivity index (χ4n) is 4.61. The Hall–Kier alpha value is -2.23. The zero-order chi connectivity index (χ0) is 16.8. The molecule has 1 saturated carbocycles. The van der Waals surface area contributed by atoms with Crippen molar-refractivity contribution in [2.24, 2.45) is 5.92 Å². The molecule has 3 aliphatic rings. The smallest absolute Gasteiger partial charge is 0.337 e. The van der Waals surface area contributed by atoms with E-state index in [-0.39, 0.29) is 11.4 Å². The molecule has 0 unspecified atom stereocenters. The van der Waals surface area contributed by atoms with E-state index in [1.807, 2.05) is 12.1 Å². The van der Waals surface area contributed by atoms with Gasteiger partial charge in [0, 0.05) is 18.3 Å². The van der Waals surface area contributed by atoms with Crippen LogP contribution in [0.15, 0.2) is 36.8 Å². The third-order valence-corrected chi connectivity index (χ3v) is 5.96. The van der Waals surface area contributed by atoms with Gasteiger partial charge in [-0.15, -0.1) is 0 Å². The largest absolute Gasteiger partial charge is 0.465 e. The molecule has 1 aliphatic heterocycles. The number of allylic oxidation sites excluding steroid dienone is 1. The summed E-state index contributed by atoms with van der Waals surface area (Å²) in [5.41, 5.74) is 3.13. The summed E-state index contributed by atoms with van der Waals surface area (Å²) < 4.78 is 16.4. The first-order valence-electron chi connectivity index (χ1n) is 8.54. The van der Waals surface area contributed by atoms with Gasteiger partial charge in [-0.3, -0.25) is 0 Å². The Morgan fingerprint density at radius 3 is 2.79 bits per heavy atom. The molecule has 4 heteroatoms. The van der Waals surface area contributed by atoms with Crippen LogP contribution >= 0.6 is 0 Å². The van der Waals surface area contributed by atoms with Gasteiger partial charge in [0.2, 0.25) is 5.79 Å². The maximum atomic E-state index is 11.8. The fraction of sp³-hybridized carbons (Fsp3) is 0.450. The van der Waals surface area contributed by atoms with E-state index in [9.17, 15) is 4.79 Å². The summed E-state index contributed by atoms with van der Waals surface area (Å²) in [5, 5.41) is 0. The Balaban J connectivity index is 1.72. The Labute approximate surface area is 142 Å². The van der Waals surface area contributed by atoms with E-state index in [0.717, 1.165) is 31.2 Å². The molecule has 1 aromatic carbocycles. The van der Waals surface area contributed by atoms with Gasteiger partial charge in [-0.05, 0) is 42.0 Å². The zero-order valence-corrected chi connectivity index (χ0v) is 14.1. The molecule has 4 rings (SSSR count). The monoisotopic (exact) mass is 326 g/mol. The minimum atomic E-state index is -0.489. The van der Waals surface area contributed by atoms with Crippen LogP contribution < -0.4 is 0 Å². The van der Waals surface area contributed by atoms with Crippen molar-refractivity contribution in [3.63, 3.8) is 0 Å². The SMILES string of the molecule is CC[C@@]12CCC3(C[C@@H]1C=Cc1cc(C(=O)OC)ccc12)OC=CO3. The number of ether oxygens (including phenoxy) is 3. The van der Waals surface area contributed by atoms with E-state index in [1.165, 1.54) is 12.7 Å². The van der Waals surface area contributed by atoms with Crippen molar-refractivity contribution in [3.8, 4) is 0 Å². The highest BCUT2D eigenvalue weighted by molar-refractivity contribution is 5.90. The van der Waals surface area contributed by atoms with Crippen LogP contribution in [0.3, 0.4) is 0 Å². The first-order chi connectivity index (χ1) is 11.6. The molecule has 0 bridgehead atoms. The number of hydrogen-bond acceptors (Lipinski definition) is 4. The number of rotatable bonds is 2. The van der Waals surface area contributed by atoms with Gasteiger partial charge >= 0.3 is 5.97 Å². The lowest BCUT2D eigenvalue weighted by molar-refractivity contribution is -0.181. The maximum absolute atomic E-state index is 11.8. The molecule has 2 atom stereocenters. The summed E-state index contributed by atoms with van der Waals surface area (Å²) in [6.07, 6.45) is 11.5. The second kappa shape index (κ2) is 5.40. The number of methoxy groups -OCH3 is 1. The number of benzene rings is 1. The van der Waals surface area contributed by atoms with Gasteiger partial charge in [0.1, 0.15) is 12.5 Å². The fourth-order valence-corrected chi connectivity index (χ4v) is 4.61. The van der Waals surface area contributed by atoms with Gasteiger partial charge in [0.15, 0.2) is 0 Å². The molecule has 0 radical (unpaired) electrons. The summed E-state index contributed by atoms with van der Waals surface area (Å²) in [5.74, 6) is -0.412. The number of carbonyl (C=O) groups excluding carboxylic acids is 1.